The summed E-state index contributed by atoms with van der Waals surface area (Å²) in [6, 6.07) is 11.4. The first-order valence-electron chi connectivity index (χ1n) is 10.4. The number of benzene rings is 2. The summed E-state index contributed by atoms with van der Waals surface area (Å²) in [4.78, 5) is 27.6. The molecule has 29 heavy (non-hydrogen) atoms. The molecule has 3 rings (SSSR count). The quantitative estimate of drug-likeness (QED) is 0.693. The van der Waals surface area contributed by atoms with Crippen LogP contribution in [0.3, 0.4) is 0 Å². The molecule has 6 nitrogen and oxygen atoms in total. The normalized spacial score (nSPS) is 16.6. The summed E-state index contributed by atoms with van der Waals surface area (Å²) < 4.78 is 10.7. The first kappa shape index (κ1) is 21.1. The predicted octanol–water partition coefficient (Wildman–Crippen LogP) is 3.24. The Morgan fingerprint density at radius 2 is 1.97 bits per heavy atom. The molecule has 1 N–H and O–H groups in total. The molecule has 1 aliphatic rings. The Morgan fingerprint density at radius 1 is 1.17 bits per heavy atom. The van der Waals surface area contributed by atoms with Crippen LogP contribution in [-0.2, 0) is 9.53 Å². The van der Waals surface area contributed by atoms with Crippen LogP contribution >= 0.6 is 0 Å². The summed E-state index contributed by atoms with van der Waals surface area (Å²) in [5.74, 6) is 0.584. The standard InChI is InChI=1S/C23H30N2O4/c1-3-29-15-7-13-24-22(26)17-8-6-14-25(16-17)23(27)20-11-12-21(28-2)19-10-5-4-9-18(19)20/h4-5,9-12,17H,3,6-8,13-16H2,1-2H3,(H,24,26). The third-order valence-corrected chi connectivity index (χ3v) is 5.38. The number of hydrogen-bond acceptors (Lipinski definition) is 4. The van der Waals surface area contributed by atoms with E-state index in [9.17, 15) is 9.59 Å². The van der Waals surface area contributed by atoms with Crippen LogP contribution in [0.1, 0.15) is 36.5 Å². The maximum atomic E-state index is 13.3. The van der Waals surface area contributed by atoms with Gasteiger partial charge in [-0.2, -0.15) is 0 Å². The van der Waals surface area contributed by atoms with Gasteiger partial charge in [0.1, 0.15) is 5.75 Å². The second-order valence-corrected chi connectivity index (χ2v) is 7.29. The number of methoxy groups -OCH3 is 1. The third kappa shape index (κ3) is 5.07. The number of amides is 2. The topological polar surface area (TPSA) is 67.9 Å². The molecule has 0 aromatic heterocycles. The largest absolute Gasteiger partial charge is 0.496 e. The monoisotopic (exact) mass is 398 g/mol. The van der Waals surface area contributed by atoms with Crippen molar-refractivity contribution in [1.82, 2.24) is 10.2 Å². The molecule has 6 heteroatoms. The van der Waals surface area contributed by atoms with Crippen molar-refractivity contribution >= 4 is 22.6 Å². The molecule has 1 heterocycles. The first-order valence-corrected chi connectivity index (χ1v) is 10.4. The van der Waals surface area contributed by atoms with Crippen molar-refractivity contribution < 1.29 is 19.1 Å². The van der Waals surface area contributed by atoms with Crippen LogP contribution in [0.4, 0.5) is 0 Å². The van der Waals surface area contributed by atoms with Crippen LogP contribution in [0.5, 0.6) is 5.75 Å². The molecule has 1 fully saturated rings. The Labute approximate surface area is 172 Å². The second-order valence-electron chi connectivity index (χ2n) is 7.29. The first-order chi connectivity index (χ1) is 14.2. The van der Waals surface area contributed by atoms with Gasteiger partial charge in [-0.05, 0) is 43.7 Å². The molecule has 1 aliphatic heterocycles. The van der Waals surface area contributed by atoms with Crippen LogP contribution in [-0.4, -0.2) is 56.7 Å². The zero-order valence-corrected chi connectivity index (χ0v) is 17.3. The molecule has 2 aromatic rings. The number of carbonyl (C=O) groups excluding carboxylic acids is 2. The van der Waals surface area contributed by atoms with Crippen molar-refractivity contribution in [3.63, 3.8) is 0 Å². The third-order valence-electron chi connectivity index (χ3n) is 5.38. The van der Waals surface area contributed by atoms with Crippen molar-refractivity contribution in [1.29, 1.82) is 0 Å². The van der Waals surface area contributed by atoms with Crippen LogP contribution in [0.25, 0.3) is 10.8 Å². The minimum absolute atomic E-state index is 0.0265. The molecule has 0 bridgehead atoms. The Bertz CT molecular complexity index is 852. The Kier molecular flexibility index (Phi) is 7.47. The Hall–Kier alpha value is -2.60. The van der Waals surface area contributed by atoms with E-state index in [1.807, 2.05) is 48.2 Å². The van der Waals surface area contributed by atoms with Gasteiger partial charge in [0.25, 0.3) is 5.91 Å². The maximum Gasteiger partial charge on any atom is 0.254 e. The molecule has 2 aromatic carbocycles. The number of rotatable bonds is 8. The van der Waals surface area contributed by atoms with E-state index >= 15 is 0 Å². The Morgan fingerprint density at radius 3 is 2.72 bits per heavy atom. The van der Waals surface area contributed by atoms with E-state index in [-0.39, 0.29) is 17.7 Å². The highest BCUT2D eigenvalue weighted by Gasteiger charge is 2.29. The zero-order valence-electron chi connectivity index (χ0n) is 17.3. The van der Waals surface area contributed by atoms with Gasteiger partial charge in [-0.3, -0.25) is 9.59 Å². The molecular formula is C23H30N2O4. The van der Waals surface area contributed by atoms with Gasteiger partial charge in [0.2, 0.25) is 5.91 Å². The van der Waals surface area contributed by atoms with E-state index in [2.05, 4.69) is 5.32 Å². The summed E-state index contributed by atoms with van der Waals surface area (Å²) in [7, 11) is 1.63. The van der Waals surface area contributed by atoms with Gasteiger partial charge in [-0.1, -0.05) is 24.3 Å². The van der Waals surface area contributed by atoms with E-state index in [4.69, 9.17) is 9.47 Å². The fourth-order valence-electron chi connectivity index (χ4n) is 3.86. The van der Waals surface area contributed by atoms with E-state index in [0.29, 0.717) is 38.4 Å². The van der Waals surface area contributed by atoms with E-state index in [1.165, 1.54) is 0 Å². The van der Waals surface area contributed by atoms with Gasteiger partial charge in [0.15, 0.2) is 0 Å². The molecule has 2 amide bonds. The average molecular weight is 399 g/mol. The zero-order chi connectivity index (χ0) is 20.6. The molecular weight excluding hydrogens is 368 g/mol. The number of ether oxygens (including phenoxy) is 2. The number of piperidine rings is 1. The minimum Gasteiger partial charge on any atom is -0.496 e. The molecule has 156 valence electrons. The summed E-state index contributed by atoms with van der Waals surface area (Å²) in [6.45, 7) is 5.03. The fraction of sp³-hybridized carbons (Fsp3) is 0.478. The van der Waals surface area contributed by atoms with Crippen LogP contribution in [0, 0.1) is 5.92 Å². The minimum atomic E-state index is -0.163. The smallest absolute Gasteiger partial charge is 0.254 e. The van der Waals surface area contributed by atoms with Gasteiger partial charge in [0, 0.05) is 43.8 Å². The van der Waals surface area contributed by atoms with E-state index in [0.717, 1.165) is 35.8 Å². The highest BCUT2D eigenvalue weighted by Crippen LogP contribution is 2.30. The molecule has 1 saturated heterocycles. The van der Waals surface area contributed by atoms with E-state index < -0.39 is 0 Å². The lowest BCUT2D eigenvalue weighted by Crippen LogP contribution is -2.45. The van der Waals surface area contributed by atoms with Gasteiger partial charge in [-0.25, -0.2) is 0 Å². The SMILES string of the molecule is CCOCCCNC(=O)C1CCCN(C(=O)c2ccc(OC)c3ccccc23)C1. The molecule has 0 spiro atoms. The number of likely N-dealkylation sites (tertiary alicyclic amines) is 1. The van der Waals surface area contributed by atoms with Gasteiger partial charge in [-0.15, -0.1) is 0 Å². The van der Waals surface area contributed by atoms with Crippen molar-refractivity contribution in [2.24, 2.45) is 5.92 Å². The Balaban J connectivity index is 1.67. The van der Waals surface area contributed by atoms with Crippen LogP contribution in [0.15, 0.2) is 36.4 Å². The highest BCUT2D eigenvalue weighted by atomic mass is 16.5. The number of nitrogens with zero attached hydrogens (tertiary/aromatic N) is 1. The molecule has 1 unspecified atom stereocenters. The van der Waals surface area contributed by atoms with Crippen LogP contribution in [0.2, 0.25) is 0 Å². The summed E-state index contributed by atoms with van der Waals surface area (Å²) >= 11 is 0. The molecule has 0 aliphatic carbocycles. The van der Waals surface area contributed by atoms with Crippen LogP contribution < -0.4 is 10.1 Å². The van der Waals surface area contributed by atoms with Crippen molar-refractivity contribution in [3.8, 4) is 5.75 Å². The summed E-state index contributed by atoms with van der Waals surface area (Å²) in [6.07, 6.45) is 2.44. The number of carbonyl (C=O) groups is 2. The second kappa shape index (κ2) is 10.3. The predicted molar refractivity (Wildman–Crippen MR) is 113 cm³/mol. The lowest BCUT2D eigenvalue weighted by Gasteiger charge is -2.32. The van der Waals surface area contributed by atoms with Crippen molar-refractivity contribution in [2.45, 2.75) is 26.2 Å². The molecule has 0 radical (unpaired) electrons. The van der Waals surface area contributed by atoms with Crippen molar-refractivity contribution in [2.75, 3.05) is 40.0 Å². The number of nitrogens with one attached hydrogen (secondary N) is 1. The lowest BCUT2D eigenvalue weighted by atomic mass is 9.95. The number of fused-ring (bicyclic) bond motifs is 1. The van der Waals surface area contributed by atoms with E-state index in [1.54, 1.807) is 7.11 Å². The van der Waals surface area contributed by atoms with Crippen molar-refractivity contribution in [3.05, 3.63) is 42.0 Å². The summed E-state index contributed by atoms with van der Waals surface area (Å²) in [5.41, 5.74) is 0.652. The highest BCUT2D eigenvalue weighted by molar-refractivity contribution is 6.08. The average Bonchev–Trinajstić information content (AvgIpc) is 2.77. The lowest BCUT2D eigenvalue weighted by molar-refractivity contribution is -0.126. The fourth-order valence-corrected chi connectivity index (χ4v) is 3.86. The number of hydrogen-bond donors (Lipinski definition) is 1. The van der Waals surface area contributed by atoms with Gasteiger partial charge < -0.3 is 19.7 Å². The maximum absolute atomic E-state index is 13.3. The van der Waals surface area contributed by atoms with Gasteiger partial charge >= 0.3 is 0 Å². The molecule has 1 atom stereocenters. The van der Waals surface area contributed by atoms with Gasteiger partial charge in [0.05, 0.1) is 13.0 Å². The molecule has 0 saturated carbocycles. The summed E-state index contributed by atoms with van der Waals surface area (Å²) in [5, 5.41) is 4.77.